The molecule has 0 N–H and O–H groups in total. The third-order valence-electron chi connectivity index (χ3n) is 4.31. The summed E-state index contributed by atoms with van der Waals surface area (Å²) in [7, 11) is 2.01. The quantitative estimate of drug-likeness (QED) is 0.469. The third kappa shape index (κ3) is 4.47. The van der Waals surface area contributed by atoms with Gasteiger partial charge in [0, 0.05) is 23.9 Å². The molecule has 2 aromatic heterocycles. The summed E-state index contributed by atoms with van der Waals surface area (Å²) in [5.74, 6) is 1.05. The first-order chi connectivity index (χ1) is 13.7. The Hall–Kier alpha value is -2.96. The van der Waals surface area contributed by atoms with Crippen LogP contribution in [-0.4, -0.2) is 31.9 Å². The van der Waals surface area contributed by atoms with Gasteiger partial charge < -0.3 is 4.52 Å². The number of rotatable bonds is 7. The Labute approximate surface area is 168 Å². The zero-order chi connectivity index (χ0) is 19.3. The van der Waals surface area contributed by atoms with Gasteiger partial charge in [0.25, 0.3) is 0 Å². The molecule has 0 aliphatic rings. The van der Waals surface area contributed by atoms with Crippen molar-refractivity contribution in [1.82, 2.24) is 24.8 Å². The molecule has 0 saturated carbocycles. The van der Waals surface area contributed by atoms with Crippen LogP contribution < -0.4 is 0 Å². The smallest absolute Gasteiger partial charge is 0.241 e. The van der Waals surface area contributed by atoms with Crippen LogP contribution in [0.15, 0.2) is 71.5 Å². The number of hydrogen-bond donors (Lipinski definition) is 0. The molecular formula is C21H20ClN5O. The maximum atomic E-state index is 6.20. The highest BCUT2D eigenvalue weighted by Crippen LogP contribution is 2.25. The van der Waals surface area contributed by atoms with Crippen molar-refractivity contribution >= 4 is 11.6 Å². The van der Waals surface area contributed by atoms with Crippen LogP contribution in [0.2, 0.25) is 5.02 Å². The van der Waals surface area contributed by atoms with Crippen molar-refractivity contribution in [2.45, 2.75) is 19.6 Å². The zero-order valence-electron chi connectivity index (χ0n) is 15.5. The molecular weight excluding hydrogens is 374 g/mol. The van der Waals surface area contributed by atoms with E-state index >= 15 is 0 Å². The van der Waals surface area contributed by atoms with Gasteiger partial charge in [0.2, 0.25) is 11.7 Å². The van der Waals surface area contributed by atoms with Gasteiger partial charge in [-0.1, -0.05) is 59.2 Å². The molecule has 0 radical (unpaired) electrons. The maximum absolute atomic E-state index is 6.20. The van der Waals surface area contributed by atoms with Gasteiger partial charge in [-0.05, 0) is 24.7 Å². The lowest BCUT2D eigenvalue weighted by atomic mass is 10.2. The molecule has 0 fully saturated rings. The van der Waals surface area contributed by atoms with Crippen molar-refractivity contribution in [1.29, 1.82) is 0 Å². The Morgan fingerprint density at radius 1 is 1.00 bits per heavy atom. The van der Waals surface area contributed by atoms with Crippen LogP contribution in [0.5, 0.6) is 0 Å². The fourth-order valence-corrected chi connectivity index (χ4v) is 3.23. The van der Waals surface area contributed by atoms with Crippen molar-refractivity contribution in [3.8, 4) is 11.4 Å². The molecule has 4 rings (SSSR count). The summed E-state index contributed by atoms with van der Waals surface area (Å²) in [6.45, 7) is 2.04. The Balaban J connectivity index is 1.36. The third-order valence-corrected chi connectivity index (χ3v) is 4.64. The van der Waals surface area contributed by atoms with Crippen molar-refractivity contribution in [2.24, 2.45) is 0 Å². The maximum Gasteiger partial charge on any atom is 0.241 e. The molecule has 6 nitrogen and oxygen atoms in total. The normalized spacial score (nSPS) is 11.2. The van der Waals surface area contributed by atoms with Crippen molar-refractivity contribution in [2.75, 3.05) is 7.05 Å². The first-order valence-electron chi connectivity index (χ1n) is 8.98. The highest BCUT2D eigenvalue weighted by molar-refractivity contribution is 6.33. The zero-order valence-corrected chi connectivity index (χ0v) is 16.3. The van der Waals surface area contributed by atoms with Gasteiger partial charge in [-0.15, -0.1) is 0 Å². The molecule has 0 amide bonds. The monoisotopic (exact) mass is 393 g/mol. The SMILES string of the molecule is CN(Cc1cnn(Cc2ccccc2)c1)Cc1nc(-c2ccccc2Cl)no1. The first kappa shape index (κ1) is 18.4. The predicted octanol–water partition coefficient (Wildman–Crippen LogP) is 4.27. The Bertz CT molecular complexity index is 1040. The summed E-state index contributed by atoms with van der Waals surface area (Å²) in [6, 6.07) is 17.7. The van der Waals surface area contributed by atoms with E-state index in [9.17, 15) is 0 Å². The Kier molecular flexibility index (Phi) is 5.50. The number of nitrogens with zero attached hydrogens (tertiary/aromatic N) is 5. The summed E-state index contributed by atoms with van der Waals surface area (Å²) in [5.41, 5.74) is 3.12. The van der Waals surface area contributed by atoms with Crippen LogP contribution in [-0.2, 0) is 19.6 Å². The second-order valence-electron chi connectivity index (χ2n) is 6.70. The fraction of sp³-hybridized carbons (Fsp3) is 0.190. The number of hydrogen-bond acceptors (Lipinski definition) is 5. The van der Waals surface area contributed by atoms with Gasteiger partial charge in [0.05, 0.1) is 24.3 Å². The minimum Gasteiger partial charge on any atom is -0.338 e. The summed E-state index contributed by atoms with van der Waals surface area (Å²) in [4.78, 5) is 6.56. The summed E-state index contributed by atoms with van der Waals surface area (Å²) in [6.07, 6.45) is 3.95. The number of halogens is 1. The summed E-state index contributed by atoms with van der Waals surface area (Å²) < 4.78 is 7.33. The average molecular weight is 394 g/mol. The minimum atomic E-state index is 0.504. The van der Waals surface area contributed by atoms with Crippen molar-refractivity contribution in [3.05, 3.63) is 89.0 Å². The molecule has 2 aromatic carbocycles. The molecule has 7 heteroatoms. The van der Waals surface area contributed by atoms with Crippen LogP contribution in [0, 0.1) is 0 Å². The molecule has 0 unspecified atom stereocenters. The average Bonchev–Trinajstić information content (AvgIpc) is 3.32. The highest BCUT2D eigenvalue weighted by atomic mass is 35.5. The lowest BCUT2D eigenvalue weighted by molar-refractivity contribution is 0.261. The summed E-state index contributed by atoms with van der Waals surface area (Å²) in [5, 5.41) is 9.10. The van der Waals surface area contributed by atoms with E-state index < -0.39 is 0 Å². The molecule has 0 bridgehead atoms. The molecule has 28 heavy (non-hydrogen) atoms. The highest BCUT2D eigenvalue weighted by Gasteiger charge is 2.13. The molecule has 0 aliphatic heterocycles. The van der Waals surface area contributed by atoms with Crippen LogP contribution >= 0.6 is 11.6 Å². The molecule has 0 atom stereocenters. The first-order valence-corrected chi connectivity index (χ1v) is 9.36. The molecule has 4 aromatic rings. The van der Waals surface area contributed by atoms with Gasteiger partial charge in [-0.25, -0.2) is 0 Å². The minimum absolute atomic E-state index is 0.504. The van der Waals surface area contributed by atoms with Crippen LogP contribution in [0.4, 0.5) is 0 Å². The van der Waals surface area contributed by atoms with E-state index in [2.05, 4.69) is 38.5 Å². The number of aromatic nitrogens is 4. The lowest BCUT2D eigenvalue weighted by Gasteiger charge is -2.12. The molecule has 2 heterocycles. The van der Waals surface area contributed by atoms with Crippen molar-refractivity contribution < 1.29 is 4.52 Å². The van der Waals surface area contributed by atoms with Gasteiger partial charge in [0.15, 0.2) is 0 Å². The van der Waals surface area contributed by atoms with E-state index in [0.29, 0.717) is 23.3 Å². The van der Waals surface area contributed by atoms with Gasteiger partial charge in [0.1, 0.15) is 0 Å². The van der Waals surface area contributed by atoms with E-state index in [1.807, 2.05) is 60.4 Å². The van der Waals surface area contributed by atoms with Crippen LogP contribution in [0.3, 0.4) is 0 Å². The summed E-state index contributed by atoms with van der Waals surface area (Å²) >= 11 is 6.20. The molecule has 142 valence electrons. The van der Waals surface area contributed by atoms with E-state index in [-0.39, 0.29) is 0 Å². The van der Waals surface area contributed by atoms with Crippen molar-refractivity contribution in [3.63, 3.8) is 0 Å². The van der Waals surface area contributed by atoms with Gasteiger partial charge in [-0.2, -0.15) is 10.1 Å². The Morgan fingerprint density at radius 3 is 2.61 bits per heavy atom. The van der Waals surface area contributed by atoms with Crippen LogP contribution in [0.1, 0.15) is 17.0 Å². The molecule has 0 saturated heterocycles. The molecule has 0 spiro atoms. The Morgan fingerprint density at radius 2 is 1.79 bits per heavy atom. The predicted molar refractivity (Wildman–Crippen MR) is 108 cm³/mol. The number of benzene rings is 2. The van der Waals surface area contributed by atoms with E-state index in [1.165, 1.54) is 5.56 Å². The lowest BCUT2D eigenvalue weighted by Crippen LogP contribution is -2.17. The largest absolute Gasteiger partial charge is 0.338 e. The standard InChI is InChI=1S/C21H20ClN5O/c1-26(12-17-11-23-27(14-17)13-16-7-3-2-4-8-16)15-20-24-21(25-28-20)18-9-5-6-10-19(18)22/h2-11,14H,12-13,15H2,1H3. The second kappa shape index (κ2) is 8.37. The topological polar surface area (TPSA) is 60.0 Å². The van der Waals surface area contributed by atoms with Crippen LogP contribution in [0.25, 0.3) is 11.4 Å². The van der Waals surface area contributed by atoms with E-state index in [1.54, 1.807) is 0 Å². The fourth-order valence-electron chi connectivity index (χ4n) is 3.01. The van der Waals surface area contributed by atoms with Gasteiger partial charge in [-0.3, -0.25) is 9.58 Å². The van der Waals surface area contributed by atoms with E-state index in [0.717, 1.165) is 24.2 Å². The van der Waals surface area contributed by atoms with E-state index in [4.69, 9.17) is 16.1 Å². The molecule has 0 aliphatic carbocycles. The van der Waals surface area contributed by atoms with Gasteiger partial charge >= 0.3 is 0 Å². The second-order valence-corrected chi connectivity index (χ2v) is 7.10.